The molecule has 0 aliphatic rings. The summed E-state index contributed by atoms with van der Waals surface area (Å²) in [6.45, 7) is 1.90. The smallest absolute Gasteiger partial charge is 0.168 e. The number of benzene rings is 1. The predicted octanol–water partition coefficient (Wildman–Crippen LogP) is 3.61. The zero-order valence-electron chi connectivity index (χ0n) is 9.78. The second-order valence-corrected chi connectivity index (χ2v) is 4.40. The van der Waals surface area contributed by atoms with Crippen LogP contribution in [0.5, 0.6) is 0 Å². The number of rotatable bonds is 3. The molecule has 0 fully saturated rings. The van der Waals surface area contributed by atoms with Crippen LogP contribution in [0.4, 0.5) is 4.39 Å². The van der Waals surface area contributed by atoms with Crippen LogP contribution in [-0.2, 0) is 6.42 Å². The van der Waals surface area contributed by atoms with Gasteiger partial charge in [0.15, 0.2) is 5.78 Å². The van der Waals surface area contributed by atoms with Gasteiger partial charge in [-0.15, -0.1) is 0 Å². The van der Waals surface area contributed by atoms with Crippen molar-refractivity contribution in [3.05, 3.63) is 64.2 Å². The van der Waals surface area contributed by atoms with Crippen molar-refractivity contribution in [1.82, 2.24) is 4.98 Å². The van der Waals surface area contributed by atoms with E-state index in [-0.39, 0.29) is 17.2 Å². The van der Waals surface area contributed by atoms with Gasteiger partial charge in [0.2, 0.25) is 0 Å². The first-order valence-electron chi connectivity index (χ1n) is 5.46. The molecular formula is C14H11ClFNO. The van der Waals surface area contributed by atoms with E-state index in [1.54, 1.807) is 6.20 Å². The molecule has 2 rings (SSSR count). The molecule has 2 aromatic rings. The quantitative estimate of drug-likeness (QED) is 0.792. The molecule has 1 aromatic carbocycles. The number of carbonyl (C=O) groups is 1. The Balaban J connectivity index is 2.22. The molecule has 92 valence electrons. The molecule has 0 bridgehead atoms. The molecule has 0 saturated carbocycles. The number of ketones is 1. The number of hydrogen-bond acceptors (Lipinski definition) is 2. The summed E-state index contributed by atoms with van der Waals surface area (Å²) in [6.07, 6.45) is 1.84. The molecular weight excluding hydrogens is 253 g/mol. The minimum Gasteiger partial charge on any atom is -0.294 e. The molecule has 2 nitrogen and oxygen atoms in total. The summed E-state index contributed by atoms with van der Waals surface area (Å²) in [5, 5.41) is -0.0430. The van der Waals surface area contributed by atoms with E-state index in [1.165, 1.54) is 18.2 Å². The number of nitrogens with zero attached hydrogens (tertiary/aromatic N) is 1. The Hall–Kier alpha value is -1.74. The number of halogens is 2. The molecule has 0 aliphatic heterocycles. The Kier molecular flexibility index (Phi) is 3.72. The minimum absolute atomic E-state index is 0.0430. The van der Waals surface area contributed by atoms with Gasteiger partial charge in [0.1, 0.15) is 5.82 Å². The summed E-state index contributed by atoms with van der Waals surface area (Å²) in [4.78, 5) is 16.2. The molecule has 0 aliphatic carbocycles. The maximum absolute atomic E-state index is 13.0. The van der Waals surface area contributed by atoms with Crippen LogP contribution in [0.2, 0.25) is 5.02 Å². The van der Waals surface area contributed by atoms with E-state index < -0.39 is 5.82 Å². The van der Waals surface area contributed by atoms with Crippen LogP contribution in [-0.4, -0.2) is 10.8 Å². The van der Waals surface area contributed by atoms with E-state index in [4.69, 9.17) is 11.6 Å². The standard InChI is InChI=1S/C14H11ClFNO/c1-9-3-2-6-17-13(9)8-14(18)10-4-5-12(16)11(15)7-10/h2-7H,8H2,1H3. The second kappa shape index (κ2) is 5.27. The fourth-order valence-electron chi connectivity index (χ4n) is 1.63. The molecule has 0 amide bonds. The van der Waals surface area contributed by atoms with Crippen molar-refractivity contribution >= 4 is 17.4 Å². The second-order valence-electron chi connectivity index (χ2n) is 4.00. The molecule has 1 heterocycles. The maximum Gasteiger partial charge on any atom is 0.168 e. The normalized spacial score (nSPS) is 10.4. The van der Waals surface area contributed by atoms with Gasteiger partial charge in [-0.05, 0) is 36.8 Å². The molecule has 0 N–H and O–H groups in total. The summed E-state index contributed by atoms with van der Waals surface area (Å²) in [5.41, 5.74) is 2.08. The van der Waals surface area contributed by atoms with Crippen LogP contribution >= 0.6 is 11.6 Å². The average Bonchev–Trinajstić information content (AvgIpc) is 2.35. The molecule has 0 radical (unpaired) electrons. The van der Waals surface area contributed by atoms with Gasteiger partial charge in [-0.3, -0.25) is 9.78 Å². The summed E-state index contributed by atoms with van der Waals surface area (Å²) in [6, 6.07) is 7.69. The first kappa shape index (κ1) is 12.7. The average molecular weight is 264 g/mol. The lowest BCUT2D eigenvalue weighted by atomic mass is 10.0. The summed E-state index contributed by atoms with van der Waals surface area (Å²) in [5.74, 6) is -0.652. The van der Waals surface area contributed by atoms with Gasteiger partial charge in [0.25, 0.3) is 0 Å². The Bertz CT molecular complexity index is 598. The highest BCUT2D eigenvalue weighted by atomic mass is 35.5. The highest BCUT2D eigenvalue weighted by molar-refractivity contribution is 6.31. The molecule has 18 heavy (non-hydrogen) atoms. The van der Waals surface area contributed by atoms with Crippen LogP contribution in [0.3, 0.4) is 0 Å². The molecule has 4 heteroatoms. The zero-order chi connectivity index (χ0) is 13.1. The lowest BCUT2D eigenvalue weighted by Gasteiger charge is -2.04. The maximum atomic E-state index is 13.0. The highest BCUT2D eigenvalue weighted by Crippen LogP contribution is 2.17. The van der Waals surface area contributed by atoms with Crippen molar-refractivity contribution in [2.24, 2.45) is 0 Å². The van der Waals surface area contributed by atoms with Crippen molar-refractivity contribution in [3.63, 3.8) is 0 Å². The Morgan fingerprint density at radius 1 is 1.39 bits per heavy atom. The number of hydrogen-bond donors (Lipinski definition) is 0. The number of aromatic nitrogens is 1. The van der Waals surface area contributed by atoms with Gasteiger partial charge in [-0.1, -0.05) is 17.7 Å². The fourth-order valence-corrected chi connectivity index (χ4v) is 1.81. The largest absolute Gasteiger partial charge is 0.294 e. The molecule has 0 saturated heterocycles. The van der Waals surface area contributed by atoms with Crippen LogP contribution in [0.25, 0.3) is 0 Å². The monoisotopic (exact) mass is 263 g/mol. The van der Waals surface area contributed by atoms with Crippen molar-refractivity contribution in [1.29, 1.82) is 0 Å². The molecule has 0 unspecified atom stereocenters. The summed E-state index contributed by atoms with van der Waals surface area (Å²) < 4.78 is 13.0. The first-order chi connectivity index (χ1) is 8.58. The van der Waals surface area contributed by atoms with Gasteiger partial charge in [-0.25, -0.2) is 4.39 Å². The molecule has 1 aromatic heterocycles. The van der Waals surface area contributed by atoms with Crippen molar-refractivity contribution in [2.45, 2.75) is 13.3 Å². The van der Waals surface area contributed by atoms with E-state index in [9.17, 15) is 9.18 Å². The molecule has 0 atom stereocenters. The Morgan fingerprint density at radius 3 is 2.83 bits per heavy atom. The van der Waals surface area contributed by atoms with E-state index in [0.29, 0.717) is 5.56 Å². The molecule has 0 spiro atoms. The minimum atomic E-state index is -0.526. The number of carbonyl (C=O) groups excluding carboxylic acids is 1. The van der Waals surface area contributed by atoms with Crippen molar-refractivity contribution < 1.29 is 9.18 Å². The van der Waals surface area contributed by atoms with Gasteiger partial charge >= 0.3 is 0 Å². The van der Waals surface area contributed by atoms with Gasteiger partial charge in [-0.2, -0.15) is 0 Å². The van der Waals surface area contributed by atoms with Crippen molar-refractivity contribution in [3.8, 4) is 0 Å². The van der Waals surface area contributed by atoms with Crippen molar-refractivity contribution in [2.75, 3.05) is 0 Å². The van der Waals surface area contributed by atoms with Crippen LogP contribution < -0.4 is 0 Å². The third kappa shape index (κ3) is 2.74. The lowest BCUT2D eigenvalue weighted by Crippen LogP contribution is -2.06. The number of pyridine rings is 1. The van der Waals surface area contributed by atoms with E-state index >= 15 is 0 Å². The highest BCUT2D eigenvalue weighted by Gasteiger charge is 2.11. The van der Waals surface area contributed by atoms with Crippen LogP contribution in [0, 0.1) is 12.7 Å². The topological polar surface area (TPSA) is 30.0 Å². The lowest BCUT2D eigenvalue weighted by molar-refractivity contribution is 0.0991. The Morgan fingerprint density at radius 2 is 2.17 bits per heavy atom. The summed E-state index contributed by atoms with van der Waals surface area (Å²) >= 11 is 5.65. The Labute approximate surface area is 109 Å². The third-order valence-corrected chi connectivity index (χ3v) is 2.98. The third-order valence-electron chi connectivity index (χ3n) is 2.69. The predicted molar refractivity (Wildman–Crippen MR) is 68.4 cm³/mol. The van der Waals surface area contributed by atoms with Crippen LogP contribution in [0.15, 0.2) is 36.5 Å². The van der Waals surface area contributed by atoms with E-state index in [2.05, 4.69) is 4.98 Å². The first-order valence-corrected chi connectivity index (χ1v) is 5.84. The number of Topliss-reactive ketones (excluding diaryl/α,β-unsaturated/α-hetero) is 1. The van der Waals surface area contributed by atoms with E-state index in [0.717, 1.165) is 11.3 Å². The van der Waals surface area contributed by atoms with Gasteiger partial charge in [0.05, 0.1) is 17.1 Å². The fraction of sp³-hybridized carbons (Fsp3) is 0.143. The van der Waals surface area contributed by atoms with Gasteiger partial charge in [0, 0.05) is 11.8 Å². The van der Waals surface area contributed by atoms with Crippen LogP contribution in [0.1, 0.15) is 21.6 Å². The summed E-state index contributed by atoms with van der Waals surface area (Å²) in [7, 11) is 0. The SMILES string of the molecule is Cc1cccnc1CC(=O)c1ccc(F)c(Cl)c1. The number of aryl methyl sites for hydroxylation is 1. The zero-order valence-corrected chi connectivity index (χ0v) is 10.5. The van der Waals surface area contributed by atoms with Gasteiger partial charge < -0.3 is 0 Å². The van der Waals surface area contributed by atoms with E-state index in [1.807, 2.05) is 19.1 Å².